The van der Waals surface area contributed by atoms with E-state index in [2.05, 4.69) is 34.0 Å². The maximum absolute atomic E-state index is 5.54. The Balaban J connectivity index is 1.27. The first-order chi connectivity index (χ1) is 13.2. The van der Waals surface area contributed by atoms with Crippen molar-refractivity contribution in [3.05, 3.63) is 35.2 Å². The molecular formula is C21H27N3O3. The fraction of sp³-hybridized carbons (Fsp3) is 0.571. The SMILES string of the molecule is Cc1noc(C)c1[C@H]1CCCN1C1CCN(c2ccc3c(c2)OCO3)CC1. The van der Waals surface area contributed by atoms with Gasteiger partial charge in [0.25, 0.3) is 0 Å². The van der Waals surface area contributed by atoms with Gasteiger partial charge in [-0.05, 0) is 58.2 Å². The van der Waals surface area contributed by atoms with E-state index in [4.69, 9.17) is 14.0 Å². The number of hydrogen-bond donors (Lipinski definition) is 0. The van der Waals surface area contributed by atoms with E-state index in [1.165, 1.54) is 43.5 Å². The molecule has 0 amide bonds. The van der Waals surface area contributed by atoms with Crippen molar-refractivity contribution in [1.82, 2.24) is 10.1 Å². The monoisotopic (exact) mass is 369 g/mol. The Labute approximate surface area is 160 Å². The van der Waals surface area contributed by atoms with Crippen LogP contribution >= 0.6 is 0 Å². The number of piperidine rings is 1. The van der Waals surface area contributed by atoms with E-state index in [-0.39, 0.29) is 0 Å². The van der Waals surface area contributed by atoms with Gasteiger partial charge in [-0.25, -0.2) is 0 Å². The predicted molar refractivity (Wildman–Crippen MR) is 102 cm³/mol. The van der Waals surface area contributed by atoms with Crippen molar-refractivity contribution in [2.24, 2.45) is 0 Å². The number of anilines is 1. The van der Waals surface area contributed by atoms with Gasteiger partial charge in [0.1, 0.15) is 5.76 Å². The largest absolute Gasteiger partial charge is 0.454 e. The molecule has 2 fully saturated rings. The van der Waals surface area contributed by atoms with Gasteiger partial charge >= 0.3 is 0 Å². The van der Waals surface area contributed by atoms with Gasteiger partial charge in [-0.15, -0.1) is 0 Å². The number of ether oxygens (including phenoxy) is 2. The third kappa shape index (κ3) is 2.96. The molecule has 0 unspecified atom stereocenters. The summed E-state index contributed by atoms with van der Waals surface area (Å²) in [5.41, 5.74) is 3.62. The van der Waals surface area contributed by atoms with Gasteiger partial charge in [0.05, 0.1) is 5.69 Å². The van der Waals surface area contributed by atoms with E-state index >= 15 is 0 Å². The summed E-state index contributed by atoms with van der Waals surface area (Å²) in [6, 6.07) is 7.40. The predicted octanol–water partition coefficient (Wildman–Crippen LogP) is 3.83. The van der Waals surface area contributed by atoms with Gasteiger partial charge in [-0.1, -0.05) is 5.16 Å². The molecule has 0 N–H and O–H groups in total. The molecule has 2 aromatic rings. The van der Waals surface area contributed by atoms with Crippen LogP contribution in [-0.2, 0) is 0 Å². The van der Waals surface area contributed by atoms with Crippen LogP contribution in [0.25, 0.3) is 0 Å². The lowest BCUT2D eigenvalue weighted by Gasteiger charge is -2.40. The van der Waals surface area contributed by atoms with Crippen molar-refractivity contribution >= 4 is 5.69 Å². The minimum atomic E-state index is 0.332. The zero-order valence-corrected chi connectivity index (χ0v) is 16.1. The van der Waals surface area contributed by atoms with Crippen LogP contribution in [0, 0.1) is 13.8 Å². The molecule has 1 aromatic heterocycles. The first-order valence-electron chi connectivity index (χ1n) is 10.0. The number of aromatic nitrogens is 1. The van der Waals surface area contributed by atoms with E-state index < -0.39 is 0 Å². The Bertz CT molecular complexity index is 807. The molecule has 1 aromatic carbocycles. The van der Waals surface area contributed by atoms with Crippen LogP contribution in [0.4, 0.5) is 5.69 Å². The van der Waals surface area contributed by atoms with Crippen molar-refractivity contribution in [2.45, 2.75) is 51.6 Å². The van der Waals surface area contributed by atoms with Gasteiger partial charge in [0, 0.05) is 42.5 Å². The van der Waals surface area contributed by atoms with Crippen molar-refractivity contribution in [3.63, 3.8) is 0 Å². The quantitative estimate of drug-likeness (QED) is 0.820. The third-order valence-corrected chi connectivity index (χ3v) is 6.37. The van der Waals surface area contributed by atoms with Gasteiger partial charge in [0.2, 0.25) is 6.79 Å². The second-order valence-corrected chi connectivity index (χ2v) is 7.89. The van der Waals surface area contributed by atoms with Gasteiger partial charge in [0.15, 0.2) is 11.5 Å². The lowest BCUT2D eigenvalue weighted by molar-refractivity contribution is 0.153. The number of fused-ring (bicyclic) bond motifs is 1. The lowest BCUT2D eigenvalue weighted by Crippen LogP contribution is -2.44. The van der Waals surface area contributed by atoms with Gasteiger partial charge < -0.3 is 18.9 Å². The molecule has 0 spiro atoms. The highest BCUT2D eigenvalue weighted by Crippen LogP contribution is 2.40. The van der Waals surface area contributed by atoms with Crippen molar-refractivity contribution in [2.75, 3.05) is 31.3 Å². The summed E-state index contributed by atoms with van der Waals surface area (Å²) in [4.78, 5) is 5.18. The second-order valence-electron chi connectivity index (χ2n) is 7.89. The fourth-order valence-electron chi connectivity index (χ4n) is 5.04. The van der Waals surface area contributed by atoms with E-state index in [1.54, 1.807) is 0 Å². The molecule has 5 rings (SSSR count). The average Bonchev–Trinajstić information content (AvgIpc) is 3.41. The van der Waals surface area contributed by atoms with E-state index in [0.717, 1.165) is 36.0 Å². The normalized spacial score (nSPS) is 23.3. The molecular weight excluding hydrogens is 342 g/mol. The Kier molecular flexibility index (Phi) is 4.23. The molecule has 0 saturated carbocycles. The molecule has 1 atom stereocenters. The summed E-state index contributed by atoms with van der Waals surface area (Å²) in [5.74, 6) is 2.71. The van der Waals surface area contributed by atoms with E-state index in [9.17, 15) is 0 Å². The second kappa shape index (κ2) is 6.75. The van der Waals surface area contributed by atoms with Crippen LogP contribution in [0.5, 0.6) is 11.5 Å². The molecule has 2 saturated heterocycles. The number of aryl methyl sites for hydroxylation is 2. The highest BCUT2D eigenvalue weighted by Gasteiger charge is 2.36. The topological polar surface area (TPSA) is 51.0 Å². The zero-order valence-electron chi connectivity index (χ0n) is 16.1. The number of likely N-dealkylation sites (tertiary alicyclic amines) is 1. The van der Waals surface area contributed by atoms with Gasteiger partial charge in [-0.3, -0.25) is 4.90 Å². The van der Waals surface area contributed by atoms with Crippen molar-refractivity contribution < 1.29 is 14.0 Å². The molecule has 3 aliphatic rings. The maximum atomic E-state index is 5.54. The third-order valence-electron chi connectivity index (χ3n) is 6.37. The first kappa shape index (κ1) is 16.9. The Morgan fingerprint density at radius 1 is 1.00 bits per heavy atom. The van der Waals surface area contributed by atoms with Crippen LogP contribution in [0.1, 0.15) is 48.7 Å². The Hall–Kier alpha value is -2.21. The smallest absolute Gasteiger partial charge is 0.231 e. The highest BCUT2D eigenvalue weighted by atomic mass is 16.7. The van der Waals surface area contributed by atoms with E-state index in [0.29, 0.717) is 18.9 Å². The van der Waals surface area contributed by atoms with Crippen molar-refractivity contribution in [3.8, 4) is 11.5 Å². The summed E-state index contributed by atoms with van der Waals surface area (Å²) in [6.45, 7) is 7.80. The zero-order chi connectivity index (χ0) is 18.4. The van der Waals surface area contributed by atoms with Crippen LogP contribution in [0.15, 0.2) is 22.7 Å². The minimum absolute atomic E-state index is 0.332. The molecule has 0 bridgehead atoms. The first-order valence-corrected chi connectivity index (χ1v) is 10.0. The molecule has 27 heavy (non-hydrogen) atoms. The number of benzene rings is 1. The Morgan fingerprint density at radius 2 is 1.81 bits per heavy atom. The summed E-state index contributed by atoms with van der Waals surface area (Å²) in [6.07, 6.45) is 4.85. The maximum Gasteiger partial charge on any atom is 0.231 e. The highest BCUT2D eigenvalue weighted by molar-refractivity contribution is 5.57. The summed E-state index contributed by atoms with van der Waals surface area (Å²) < 4.78 is 16.4. The molecule has 3 aliphatic heterocycles. The minimum Gasteiger partial charge on any atom is -0.454 e. The molecule has 6 heteroatoms. The van der Waals surface area contributed by atoms with Gasteiger partial charge in [-0.2, -0.15) is 0 Å². The number of hydrogen-bond acceptors (Lipinski definition) is 6. The summed E-state index contributed by atoms with van der Waals surface area (Å²) in [5, 5.41) is 4.19. The molecule has 4 heterocycles. The lowest BCUT2D eigenvalue weighted by atomic mass is 9.97. The Morgan fingerprint density at radius 3 is 2.59 bits per heavy atom. The number of rotatable bonds is 3. The fourth-order valence-corrected chi connectivity index (χ4v) is 5.04. The molecule has 144 valence electrons. The van der Waals surface area contributed by atoms with Crippen LogP contribution in [-0.4, -0.2) is 42.5 Å². The summed E-state index contributed by atoms with van der Waals surface area (Å²) >= 11 is 0. The van der Waals surface area contributed by atoms with Crippen LogP contribution in [0.3, 0.4) is 0 Å². The van der Waals surface area contributed by atoms with Crippen molar-refractivity contribution in [1.29, 1.82) is 0 Å². The van der Waals surface area contributed by atoms with Crippen LogP contribution in [0.2, 0.25) is 0 Å². The van der Waals surface area contributed by atoms with E-state index in [1.807, 2.05) is 13.0 Å². The molecule has 0 radical (unpaired) electrons. The molecule has 6 nitrogen and oxygen atoms in total. The summed E-state index contributed by atoms with van der Waals surface area (Å²) in [7, 11) is 0. The number of nitrogens with zero attached hydrogens (tertiary/aromatic N) is 3. The average molecular weight is 369 g/mol. The van der Waals surface area contributed by atoms with Crippen LogP contribution < -0.4 is 14.4 Å². The molecule has 0 aliphatic carbocycles. The standard InChI is InChI=1S/C21H27N3O3/c1-14-21(15(2)27-22-14)18-4-3-9-24(18)16-7-10-23(11-8-16)17-5-6-19-20(12-17)26-13-25-19/h5-6,12,16,18H,3-4,7-11,13H2,1-2H3/t18-/m1/s1.